The van der Waals surface area contributed by atoms with Gasteiger partial charge in [0.2, 0.25) is 5.91 Å². The number of aromatic carboxylic acids is 1. The molecule has 6 heteroatoms. The van der Waals surface area contributed by atoms with Gasteiger partial charge in [0.15, 0.2) is 0 Å². The summed E-state index contributed by atoms with van der Waals surface area (Å²) in [6.45, 7) is 2.48. The van der Waals surface area contributed by atoms with Gasteiger partial charge in [0.05, 0.1) is 13.0 Å². The van der Waals surface area contributed by atoms with Crippen LogP contribution in [-0.2, 0) is 4.79 Å². The van der Waals surface area contributed by atoms with Crippen LogP contribution in [0.25, 0.3) is 0 Å². The molecule has 1 aromatic rings. The highest BCUT2D eigenvalue weighted by Gasteiger charge is 2.11. The average molecular weight is 252 g/mol. The van der Waals surface area contributed by atoms with Crippen LogP contribution in [0.4, 0.5) is 5.69 Å². The minimum Gasteiger partial charge on any atom is -0.492 e. The normalized spacial score (nSPS) is 9.83. The number of nitrogen functional groups attached to an aromatic ring is 1. The number of benzene rings is 1. The Balaban J connectivity index is 2.63. The number of carboxylic acids is 1. The molecular formula is C12H16N2O4. The Morgan fingerprint density at radius 3 is 2.78 bits per heavy atom. The van der Waals surface area contributed by atoms with E-state index in [4.69, 9.17) is 15.6 Å². The van der Waals surface area contributed by atoms with Gasteiger partial charge in [0, 0.05) is 18.3 Å². The highest BCUT2D eigenvalue weighted by molar-refractivity contribution is 5.91. The second-order valence-electron chi connectivity index (χ2n) is 3.61. The molecule has 0 unspecified atom stereocenters. The molecule has 1 amide bonds. The molecule has 1 rings (SSSR count). The standard InChI is InChI=1S/C12H16N2O4/c1-2-14-11(15)5-6-18-10-7-8(13)3-4-9(10)12(16)17/h3-4,7H,2,5-6,13H2,1H3,(H,14,15)(H,16,17). The summed E-state index contributed by atoms with van der Waals surface area (Å²) < 4.78 is 5.27. The summed E-state index contributed by atoms with van der Waals surface area (Å²) in [4.78, 5) is 22.1. The van der Waals surface area contributed by atoms with Crippen LogP contribution in [0, 0.1) is 0 Å². The zero-order chi connectivity index (χ0) is 13.5. The first-order chi connectivity index (χ1) is 8.54. The summed E-state index contributed by atoms with van der Waals surface area (Å²) in [6.07, 6.45) is 0.168. The monoisotopic (exact) mass is 252 g/mol. The molecule has 98 valence electrons. The Kier molecular flexibility index (Phi) is 4.98. The van der Waals surface area contributed by atoms with Crippen molar-refractivity contribution in [3.8, 4) is 5.75 Å². The predicted octanol–water partition coefficient (Wildman–Crippen LogP) is 0.872. The van der Waals surface area contributed by atoms with Gasteiger partial charge in [-0.1, -0.05) is 0 Å². The van der Waals surface area contributed by atoms with Gasteiger partial charge in [0.1, 0.15) is 11.3 Å². The van der Waals surface area contributed by atoms with E-state index in [0.29, 0.717) is 12.2 Å². The lowest BCUT2D eigenvalue weighted by atomic mass is 10.2. The Labute approximate surface area is 105 Å². The maximum atomic E-state index is 11.2. The lowest BCUT2D eigenvalue weighted by molar-refractivity contribution is -0.121. The molecule has 4 N–H and O–H groups in total. The summed E-state index contributed by atoms with van der Waals surface area (Å²) in [6, 6.07) is 4.29. The van der Waals surface area contributed by atoms with Crippen molar-refractivity contribution in [2.24, 2.45) is 0 Å². The zero-order valence-corrected chi connectivity index (χ0v) is 10.1. The number of hydrogen-bond acceptors (Lipinski definition) is 4. The predicted molar refractivity (Wildman–Crippen MR) is 66.6 cm³/mol. The summed E-state index contributed by atoms with van der Waals surface area (Å²) >= 11 is 0. The van der Waals surface area contributed by atoms with Gasteiger partial charge in [-0.25, -0.2) is 4.79 Å². The second-order valence-corrected chi connectivity index (χ2v) is 3.61. The SMILES string of the molecule is CCNC(=O)CCOc1cc(N)ccc1C(=O)O. The van der Waals surface area contributed by atoms with Crippen LogP contribution in [0.3, 0.4) is 0 Å². The number of nitrogens with two attached hydrogens (primary N) is 1. The van der Waals surface area contributed by atoms with Gasteiger partial charge in [0.25, 0.3) is 0 Å². The van der Waals surface area contributed by atoms with E-state index in [1.807, 2.05) is 6.92 Å². The first-order valence-corrected chi connectivity index (χ1v) is 5.57. The molecule has 1 aromatic carbocycles. The number of nitrogens with one attached hydrogen (secondary N) is 1. The van der Waals surface area contributed by atoms with Gasteiger partial charge in [-0.2, -0.15) is 0 Å². The fourth-order valence-electron chi connectivity index (χ4n) is 1.37. The number of anilines is 1. The van der Waals surface area contributed by atoms with Gasteiger partial charge in [-0.05, 0) is 19.1 Å². The Bertz CT molecular complexity index is 446. The van der Waals surface area contributed by atoms with Gasteiger partial charge < -0.3 is 20.9 Å². The van der Waals surface area contributed by atoms with Gasteiger partial charge in [-0.3, -0.25) is 4.79 Å². The summed E-state index contributed by atoms with van der Waals surface area (Å²) in [5.41, 5.74) is 5.99. The minimum absolute atomic E-state index is 0.0279. The van der Waals surface area contributed by atoms with Crippen molar-refractivity contribution >= 4 is 17.6 Å². The Morgan fingerprint density at radius 1 is 1.44 bits per heavy atom. The first-order valence-electron chi connectivity index (χ1n) is 5.57. The quantitative estimate of drug-likeness (QED) is 0.652. The van der Waals surface area contributed by atoms with E-state index in [9.17, 15) is 9.59 Å². The number of ether oxygens (including phenoxy) is 1. The molecule has 0 saturated carbocycles. The molecule has 0 saturated heterocycles. The van der Waals surface area contributed by atoms with Crippen molar-refractivity contribution in [3.63, 3.8) is 0 Å². The third-order valence-electron chi connectivity index (χ3n) is 2.20. The second kappa shape index (κ2) is 6.48. The molecule has 18 heavy (non-hydrogen) atoms. The van der Waals surface area contributed by atoms with Crippen molar-refractivity contribution in [1.29, 1.82) is 0 Å². The van der Waals surface area contributed by atoms with E-state index < -0.39 is 5.97 Å². The molecule has 0 heterocycles. The molecule has 0 bridgehead atoms. The molecule has 0 aromatic heterocycles. The Morgan fingerprint density at radius 2 is 2.17 bits per heavy atom. The minimum atomic E-state index is -1.09. The molecule has 0 aliphatic rings. The smallest absolute Gasteiger partial charge is 0.339 e. The molecule has 0 atom stereocenters. The largest absolute Gasteiger partial charge is 0.492 e. The van der Waals surface area contributed by atoms with E-state index in [1.165, 1.54) is 18.2 Å². The third-order valence-corrected chi connectivity index (χ3v) is 2.20. The van der Waals surface area contributed by atoms with Crippen molar-refractivity contribution in [3.05, 3.63) is 23.8 Å². The van der Waals surface area contributed by atoms with Crippen LogP contribution in [0.1, 0.15) is 23.7 Å². The molecule has 6 nitrogen and oxygen atoms in total. The van der Waals surface area contributed by atoms with E-state index in [0.717, 1.165) is 0 Å². The maximum Gasteiger partial charge on any atom is 0.339 e. The van der Waals surface area contributed by atoms with E-state index in [-0.39, 0.29) is 30.2 Å². The van der Waals surface area contributed by atoms with Crippen LogP contribution in [-0.4, -0.2) is 30.1 Å². The fourth-order valence-corrected chi connectivity index (χ4v) is 1.37. The number of amides is 1. The van der Waals surface area contributed by atoms with E-state index in [1.54, 1.807) is 0 Å². The van der Waals surface area contributed by atoms with Crippen molar-refractivity contribution < 1.29 is 19.4 Å². The summed E-state index contributed by atoms with van der Waals surface area (Å²) in [7, 11) is 0. The molecular weight excluding hydrogens is 236 g/mol. The molecule has 0 radical (unpaired) electrons. The van der Waals surface area contributed by atoms with Crippen LogP contribution in [0.2, 0.25) is 0 Å². The average Bonchev–Trinajstić information content (AvgIpc) is 2.29. The molecule has 0 aliphatic carbocycles. The van der Waals surface area contributed by atoms with Crippen LogP contribution in [0.5, 0.6) is 5.75 Å². The van der Waals surface area contributed by atoms with Crippen LogP contribution < -0.4 is 15.8 Å². The number of rotatable bonds is 6. The lowest BCUT2D eigenvalue weighted by Crippen LogP contribution is -2.24. The molecule has 0 aliphatic heterocycles. The fraction of sp³-hybridized carbons (Fsp3) is 0.333. The number of carboxylic acid groups (broad SMARTS) is 1. The summed E-state index contributed by atoms with van der Waals surface area (Å²) in [5, 5.41) is 11.6. The van der Waals surface area contributed by atoms with Gasteiger partial charge in [-0.15, -0.1) is 0 Å². The zero-order valence-electron chi connectivity index (χ0n) is 10.1. The topological polar surface area (TPSA) is 102 Å². The molecule has 0 spiro atoms. The van der Waals surface area contributed by atoms with Crippen LogP contribution in [0.15, 0.2) is 18.2 Å². The van der Waals surface area contributed by atoms with E-state index >= 15 is 0 Å². The number of carbonyl (C=O) groups is 2. The van der Waals surface area contributed by atoms with Gasteiger partial charge >= 0.3 is 5.97 Å². The van der Waals surface area contributed by atoms with E-state index in [2.05, 4.69) is 5.32 Å². The third kappa shape index (κ3) is 3.97. The van der Waals surface area contributed by atoms with Crippen molar-refractivity contribution in [2.45, 2.75) is 13.3 Å². The van der Waals surface area contributed by atoms with Crippen LogP contribution >= 0.6 is 0 Å². The number of carbonyl (C=O) groups excluding carboxylic acids is 1. The molecule has 0 fully saturated rings. The van der Waals surface area contributed by atoms with Crippen molar-refractivity contribution in [2.75, 3.05) is 18.9 Å². The Hall–Kier alpha value is -2.24. The highest BCUT2D eigenvalue weighted by atomic mass is 16.5. The first kappa shape index (κ1) is 13.8. The highest BCUT2D eigenvalue weighted by Crippen LogP contribution is 2.21. The lowest BCUT2D eigenvalue weighted by Gasteiger charge is -2.09. The maximum absolute atomic E-state index is 11.2. The van der Waals surface area contributed by atoms with Crippen molar-refractivity contribution in [1.82, 2.24) is 5.32 Å². The summed E-state index contributed by atoms with van der Waals surface area (Å²) in [5.74, 6) is -1.06. The number of hydrogen-bond donors (Lipinski definition) is 3.